The van der Waals surface area contributed by atoms with Gasteiger partial charge in [0.15, 0.2) is 0 Å². The van der Waals surface area contributed by atoms with Gasteiger partial charge in [0.2, 0.25) is 0 Å². The molecule has 0 saturated carbocycles. The molecule has 0 radical (unpaired) electrons. The highest BCUT2D eigenvalue weighted by atomic mass is 32.2. The highest BCUT2D eigenvalue weighted by Crippen LogP contribution is 1.99. The number of thioether (sulfide) groups is 1. The van der Waals surface area contributed by atoms with Crippen LogP contribution >= 0.6 is 11.8 Å². The van der Waals surface area contributed by atoms with E-state index >= 15 is 0 Å². The summed E-state index contributed by atoms with van der Waals surface area (Å²) in [6.45, 7) is 4.35. The molecule has 0 aromatic rings. The molecule has 0 rings (SSSR count). The summed E-state index contributed by atoms with van der Waals surface area (Å²) in [6.07, 6.45) is 4.25. The van der Waals surface area contributed by atoms with Crippen molar-refractivity contribution in [1.82, 2.24) is 0 Å². The zero-order valence-corrected chi connectivity index (χ0v) is 5.96. The van der Waals surface area contributed by atoms with Crippen LogP contribution in [0.2, 0.25) is 0 Å². The topological polar surface area (TPSA) is 0 Å². The summed E-state index contributed by atoms with van der Waals surface area (Å²) in [4.78, 5) is 0. The van der Waals surface area contributed by atoms with Crippen molar-refractivity contribution in [2.75, 3.05) is 6.26 Å². The van der Waals surface area contributed by atoms with Crippen molar-refractivity contribution in [2.24, 2.45) is 5.92 Å². The Morgan fingerprint density at radius 3 is 2.14 bits per heavy atom. The third-order valence-electron chi connectivity index (χ3n) is 0.600. The summed E-state index contributed by atoms with van der Waals surface area (Å²) >= 11 is 1.75. The van der Waals surface area contributed by atoms with Crippen molar-refractivity contribution in [2.45, 2.75) is 13.8 Å². The van der Waals surface area contributed by atoms with Gasteiger partial charge in [-0.15, -0.1) is 11.8 Å². The van der Waals surface area contributed by atoms with Crippen LogP contribution in [0.4, 0.5) is 0 Å². The van der Waals surface area contributed by atoms with Crippen LogP contribution in [-0.4, -0.2) is 6.26 Å². The predicted molar refractivity (Wildman–Crippen MR) is 37.5 cm³/mol. The Balaban J connectivity index is 3.08. The lowest BCUT2D eigenvalue weighted by Gasteiger charge is -1.88. The van der Waals surface area contributed by atoms with Crippen LogP contribution < -0.4 is 0 Å². The van der Waals surface area contributed by atoms with Gasteiger partial charge in [-0.05, 0) is 17.6 Å². The van der Waals surface area contributed by atoms with Crippen LogP contribution in [0.25, 0.3) is 0 Å². The highest BCUT2D eigenvalue weighted by molar-refractivity contribution is 8.01. The summed E-state index contributed by atoms with van der Waals surface area (Å²) in [5, 5.41) is 2.12. The second-order valence-electron chi connectivity index (χ2n) is 1.81. The summed E-state index contributed by atoms with van der Waals surface area (Å²) < 4.78 is 0. The van der Waals surface area contributed by atoms with E-state index in [0.29, 0.717) is 5.92 Å². The molecule has 0 aromatic heterocycles. The van der Waals surface area contributed by atoms with E-state index in [0.717, 1.165) is 0 Å². The third-order valence-corrected chi connectivity index (χ3v) is 1.03. The van der Waals surface area contributed by atoms with Crippen molar-refractivity contribution in [3.05, 3.63) is 11.5 Å². The normalized spacial score (nSPS) is 11.4. The van der Waals surface area contributed by atoms with E-state index in [9.17, 15) is 0 Å². The molecule has 0 atom stereocenters. The highest BCUT2D eigenvalue weighted by Gasteiger charge is 1.78. The van der Waals surface area contributed by atoms with E-state index in [1.165, 1.54) is 0 Å². The van der Waals surface area contributed by atoms with Crippen molar-refractivity contribution >= 4 is 11.8 Å². The van der Waals surface area contributed by atoms with Gasteiger partial charge in [0.1, 0.15) is 0 Å². The first-order valence-corrected chi connectivity index (χ1v) is 3.75. The Hall–Kier alpha value is 0.0900. The second kappa shape index (κ2) is 4.25. The van der Waals surface area contributed by atoms with E-state index in [1.54, 1.807) is 11.8 Å². The SMILES string of the molecule is CS/C=C/C(C)C. The van der Waals surface area contributed by atoms with E-state index < -0.39 is 0 Å². The van der Waals surface area contributed by atoms with Gasteiger partial charge in [-0.25, -0.2) is 0 Å². The van der Waals surface area contributed by atoms with Gasteiger partial charge in [0, 0.05) is 0 Å². The number of allylic oxidation sites excluding steroid dienone is 1. The zero-order chi connectivity index (χ0) is 5.70. The van der Waals surface area contributed by atoms with Crippen LogP contribution in [-0.2, 0) is 0 Å². The first-order valence-electron chi connectivity index (χ1n) is 2.47. The van der Waals surface area contributed by atoms with Gasteiger partial charge in [-0.1, -0.05) is 19.9 Å². The second-order valence-corrected chi connectivity index (χ2v) is 2.55. The molecule has 0 aliphatic heterocycles. The molecule has 42 valence electrons. The fourth-order valence-electron chi connectivity index (χ4n) is 0.236. The van der Waals surface area contributed by atoms with E-state index in [-0.39, 0.29) is 0 Å². The lowest BCUT2D eigenvalue weighted by atomic mass is 10.2. The van der Waals surface area contributed by atoms with E-state index in [1.807, 2.05) is 0 Å². The minimum atomic E-state index is 0.701. The standard InChI is InChI=1S/C6H12S/c1-6(2)4-5-7-3/h4-6H,1-3H3/b5-4+. The molecule has 0 fully saturated rings. The van der Waals surface area contributed by atoms with Gasteiger partial charge in [0.25, 0.3) is 0 Å². The molecular formula is C6H12S. The maximum atomic E-state index is 2.19. The molecule has 0 N–H and O–H groups in total. The Labute approximate surface area is 50.0 Å². The summed E-state index contributed by atoms with van der Waals surface area (Å²) in [7, 11) is 0. The van der Waals surface area contributed by atoms with Crippen molar-refractivity contribution in [3.63, 3.8) is 0 Å². The number of rotatable bonds is 2. The molecule has 7 heavy (non-hydrogen) atoms. The van der Waals surface area contributed by atoms with Crippen LogP contribution in [0, 0.1) is 5.92 Å². The monoisotopic (exact) mass is 116 g/mol. The lowest BCUT2D eigenvalue weighted by Crippen LogP contribution is -1.73. The minimum Gasteiger partial charge on any atom is -0.138 e. The zero-order valence-electron chi connectivity index (χ0n) is 5.14. The van der Waals surface area contributed by atoms with Gasteiger partial charge in [0.05, 0.1) is 0 Å². The lowest BCUT2D eigenvalue weighted by molar-refractivity contribution is 0.834. The maximum absolute atomic E-state index is 2.19. The van der Waals surface area contributed by atoms with Gasteiger partial charge in [-0.2, -0.15) is 0 Å². The van der Waals surface area contributed by atoms with Gasteiger partial charge >= 0.3 is 0 Å². The fourth-order valence-corrected chi connectivity index (χ4v) is 0.707. The molecule has 0 saturated heterocycles. The van der Waals surface area contributed by atoms with Crippen molar-refractivity contribution in [3.8, 4) is 0 Å². The van der Waals surface area contributed by atoms with E-state index in [2.05, 4.69) is 31.6 Å². The van der Waals surface area contributed by atoms with Crippen molar-refractivity contribution < 1.29 is 0 Å². The first-order chi connectivity index (χ1) is 3.27. The molecule has 0 aliphatic rings. The largest absolute Gasteiger partial charge is 0.138 e. The van der Waals surface area contributed by atoms with Crippen LogP contribution in [0.3, 0.4) is 0 Å². The molecule has 0 nitrogen and oxygen atoms in total. The number of hydrogen-bond donors (Lipinski definition) is 0. The Kier molecular flexibility index (Phi) is 4.31. The Morgan fingerprint density at radius 2 is 2.00 bits per heavy atom. The van der Waals surface area contributed by atoms with Crippen LogP contribution in [0.1, 0.15) is 13.8 Å². The summed E-state index contributed by atoms with van der Waals surface area (Å²) in [5.41, 5.74) is 0. The average molecular weight is 116 g/mol. The molecule has 0 bridgehead atoms. The minimum absolute atomic E-state index is 0.701. The molecule has 0 aromatic carbocycles. The van der Waals surface area contributed by atoms with E-state index in [4.69, 9.17) is 0 Å². The third kappa shape index (κ3) is 6.09. The van der Waals surface area contributed by atoms with Crippen LogP contribution in [0.15, 0.2) is 11.5 Å². The fraction of sp³-hybridized carbons (Fsp3) is 0.667. The summed E-state index contributed by atoms with van der Waals surface area (Å²) in [6, 6.07) is 0. The molecule has 0 amide bonds. The van der Waals surface area contributed by atoms with Gasteiger partial charge < -0.3 is 0 Å². The molecule has 1 heteroatoms. The molecule has 0 heterocycles. The quantitative estimate of drug-likeness (QED) is 0.534. The van der Waals surface area contributed by atoms with Crippen molar-refractivity contribution in [1.29, 1.82) is 0 Å². The smallest absolute Gasteiger partial charge is 0.0142 e. The number of hydrogen-bond acceptors (Lipinski definition) is 1. The summed E-state index contributed by atoms with van der Waals surface area (Å²) in [5.74, 6) is 0.701. The molecule has 0 unspecified atom stereocenters. The molecule has 0 spiro atoms. The molecule has 0 aliphatic carbocycles. The predicted octanol–water partition coefficient (Wildman–Crippen LogP) is 2.52. The van der Waals surface area contributed by atoms with Crippen LogP contribution in [0.5, 0.6) is 0 Å². The Bertz CT molecular complexity index is 55.2. The van der Waals surface area contributed by atoms with Gasteiger partial charge in [-0.3, -0.25) is 0 Å². The average Bonchev–Trinajstić information content (AvgIpc) is 1.61. The Morgan fingerprint density at radius 1 is 1.43 bits per heavy atom. The molecular weight excluding hydrogens is 104 g/mol. The first kappa shape index (κ1) is 7.09. The maximum Gasteiger partial charge on any atom is -0.0142 e.